The number of likely N-dealkylation sites (N-methyl/N-ethyl adjacent to an activating group) is 1. The standard InChI is InChI=1S/C20H24ClF3N4OS/c1-27(2)17(14-5-8-30-12-14)11-26-19(29)13-3-6-28(7-4-13)18-16(21)9-15(10-25-18)20(22,23)24/h5,8-10,12-13,17H,3-4,6-7,11H2,1-2H3,(H,26,29). The first-order valence-corrected chi connectivity index (χ1v) is 10.9. The van der Waals surface area contributed by atoms with Gasteiger partial charge < -0.3 is 15.1 Å². The number of alkyl halides is 3. The van der Waals surface area contributed by atoms with Crippen LogP contribution in [0.1, 0.15) is 30.0 Å². The molecular formula is C20H24ClF3N4OS. The number of anilines is 1. The lowest BCUT2D eigenvalue weighted by molar-refractivity contribution is -0.137. The number of halogens is 4. The molecule has 30 heavy (non-hydrogen) atoms. The maximum Gasteiger partial charge on any atom is 0.417 e. The third kappa shape index (κ3) is 5.44. The summed E-state index contributed by atoms with van der Waals surface area (Å²) in [4.78, 5) is 20.5. The van der Waals surface area contributed by atoms with E-state index in [0.29, 0.717) is 38.3 Å². The number of piperidine rings is 1. The van der Waals surface area contributed by atoms with Gasteiger partial charge in [-0.15, -0.1) is 0 Å². The van der Waals surface area contributed by atoms with E-state index in [1.807, 2.05) is 24.4 Å². The van der Waals surface area contributed by atoms with Crippen molar-refractivity contribution in [3.8, 4) is 0 Å². The zero-order chi connectivity index (χ0) is 21.9. The van der Waals surface area contributed by atoms with Gasteiger partial charge in [0.05, 0.1) is 16.6 Å². The van der Waals surface area contributed by atoms with Crippen molar-refractivity contribution in [1.29, 1.82) is 0 Å². The van der Waals surface area contributed by atoms with Gasteiger partial charge in [0.2, 0.25) is 5.91 Å². The Balaban J connectivity index is 1.54. The van der Waals surface area contributed by atoms with Crippen molar-refractivity contribution in [3.05, 3.63) is 45.2 Å². The molecule has 5 nitrogen and oxygen atoms in total. The second kappa shape index (κ2) is 9.53. The Bertz CT molecular complexity index is 852. The van der Waals surface area contributed by atoms with Crippen molar-refractivity contribution in [3.63, 3.8) is 0 Å². The highest BCUT2D eigenvalue weighted by Gasteiger charge is 2.33. The fourth-order valence-electron chi connectivity index (χ4n) is 3.58. The van der Waals surface area contributed by atoms with Gasteiger partial charge in [0.25, 0.3) is 0 Å². The molecule has 0 aliphatic carbocycles. The Hall–Kier alpha value is -1.84. The van der Waals surface area contributed by atoms with E-state index in [2.05, 4.69) is 26.6 Å². The summed E-state index contributed by atoms with van der Waals surface area (Å²) in [6.45, 7) is 1.55. The van der Waals surface area contributed by atoms with E-state index in [-0.39, 0.29) is 22.9 Å². The molecule has 2 aromatic rings. The summed E-state index contributed by atoms with van der Waals surface area (Å²) in [7, 11) is 3.96. The van der Waals surface area contributed by atoms with Crippen LogP contribution in [0.15, 0.2) is 29.1 Å². The fourth-order valence-corrected chi connectivity index (χ4v) is 4.57. The van der Waals surface area contributed by atoms with Crippen LogP contribution in [-0.4, -0.2) is 49.5 Å². The summed E-state index contributed by atoms with van der Waals surface area (Å²) in [6.07, 6.45) is -2.49. The molecule has 1 N–H and O–H groups in total. The van der Waals surface area contributed by atoms with Crippen LogP contribution in [0.2, 0.25) is 5.02 Å². The first-order chi connectivity index (χ1) is 14.2. The maximum absolute atomic E-state index is 12.8. The molecule has 10 heteroatoms. The van der Waals surface area contributed by atoms with Gasteiger partial charge in [-0.3, -0.25) is 4.79 Å². The predicted octanol–water partition coefficient (Wildman–Crippen LogP) is 4.45. The van der Waals surface area contributed by atoms with Gasteiger partial charge in [-0.1, -0.05) is 11.6 Å². The van der Waals surface area contributed by atoms with Gasteiger partial charge in [0, 0.05) is 31.7 Å². The number of carbonyl (C=O) groups excluding carboxylic acids is 1. The smallest absolute Gasteiger partial charge is 0.355 e. The number of rotatable bonds is 6. The zero-order valence-corrected chi connectivity index (χ0v) is 18.3. The molecular weight excluding hydrogens is 437 g/mol. The highest BCUT2D eigenvalue weighted by molar-refractivity contribution is 7.08. The number of amides is 1. The number of hydrogen-bond donors (Lipinski definition) is 1. The molecule has 0 saturated carbocycles. The number of nitrogens with one attached hydrogen (secondary N) is 1. The van der Waals surface area contributed by atoms with Crippen LogP contribution in [0.25, 0.3) is 0 Å². The normalized spacial score (nSPS) is 16.7. The van der Waals surface area contributed by atoms with Crippen molar-refractivity contribution in [2.24, 2.45) is 5.92 Å². The molecule has 1 amide bonds. The second-order valence-electron chi connectivity index (χ2n) is 7.57. The van der Waals surface area contributed by atoms with Crippen molar-refractivity contribution in [1.82, 2.24) is 15.2 Å². The minimum Gasteiger partial charge on any atom is -0.355 e. The van der Waals surface area contributed by atoms with Crippen LogP contribution in [-0.2, 0) is 11.0 Å². The summed E-state index contributed by atoms with van der Waals surface area (Å²) in [6, 6.07) is 3.06. The van der Waals surface area contributed by atoms with Crippen molar-refractivity contribution in [2.45, 2.75) is 25.1 Å². The molecule has 0 bridgehead atoms. The SMILES string of the molecule is CN(C)C(CNC(=O)C1CCN(c2ncc(C(F)(F)F)cc2Cl)CC1)c1ccsc1. The third-order valence-electron chi connectivity index (χ3n) is 5.34. The van der Waals surface area contributed by atoms with Crippen LogP contribution < -0.4 is 10.2 Å². The number of nitrogens with zero attached hydrogens (tertiary/aromatic N) is 3. The predicted molar refractivity (Wildman–Crippen MR) is 113 cm³/mol. The van der Waals surface area contributed by atoms with E-state index in [1.54, 1.807) is 11.3 Å². The molecule has 1 atom stereocenters. The molecule has 0 radical (unpaired) electrons. The third-order valence-corrected chi connectivity index (χ3v) is 6.31. The van der Waals surface area contributed by atoms with E-state index in [1.165, 1.54) is 5.56 Å². The molecule has 0 spiro atoms. The summed E-state index contributed by atoms with van der Waals surface area (Å²) >= 11 is 7.67. The Morgan fingerprint density at radius 1 is 1.40 bits per heavy atom. The maximum atomic E-state index is 12.8. The Morgan fingerprint density at radius 2 is 2.10 bits per heavy atom. The number of hydrogen-bond acceptors (Lipinski definition) is 5. The second-order valence-corrected chi connectivity index (χ2v) is 8.76. The molecule has 1 aliphatic rings. The summed E-state index contributed by atoms with van der Waals surface area (Å²) < 4.78 is 38.4. The zero-order valence-electron chi connectivity index (χ0n) is 16.7. The summed E-state index contributed by atoms with van der Waals surface area (Å²) in [5, 5.41) is 7.12. The molecule has 3 rings (SSSR count). The number of pyridine rings is 1. The highest BCUT2D eigenvalue weighted by atomic mass is 35.5. The van der Waals surface area contributed by atoms with Crippen LogP contribution >= 0.6 is 22.9 Å². The van der Waals surface area contributed by atoms with Crippen LogP contribution in [0, 0.1) is 5.92 Å². The topological polar surface area (TPSA) is 48.5 Å². The lowest BCUT2D eigenvalue weighted by Crippen LogP contribution is -2.43. The number of aromatic nitrogens is 1. The monoisotopic (exact) mass is 460 g/mol. The van der Waals surface area contributed by atoms with E-state index < -0.39 is 11.7 Å². The van der Waals surface area contributed by atoms with E-state index in [0.717, 1.165) is 12.3 Å². The quantitative estimate of drug-likeness (QED) is 0.692. The molecule has 1 aliphatic heterocycles. The first-order valence-electron chi connectivity index (χ1n) is 9.60. The minimum atomic E-state index is -4.48. The van der Waals surface area contributed by atoms with Gasteiger partial charge in [-0.2, -0.15) is 24.5 Å². The van der Waals surface area contributed by atoms with Crippen LogP contribution in [0.4, 0.5) is 19.0 Å². The molecule has 164 valence electrons. The molecule has 3 heterocycles. The number of carbonyl (C=O) groups is 1. The van der Waals surface area contributed by atoms with Gasteiger partial charge in [0.1, 0.15) is 5.82 Å². The number of thiophene rings is 1. The molecule has 1 saturated heterocycles. The lowest BCUT2D eigenvalue weighted by atomic mass is 9.95. The minimum absolute atomic E-state index is 0.00297. The highest BCUT2D eigenvalue weighted by Crippen LogP contribution is 2.34. The van der Waals surface area contributed by atoms with Crippen LogP contribution in [0.3, 0.4) is 0 Å². The molecule has 0 aromatic carbocycles. The van der Waals surface area contributed by atoms with Crippen molar-refractivity contribution in [2.75, 3.05) is 38.6 Å². The van der Waals surface area contributed by atoms with Gasteiger partial charge >= 0.3 is 6.18 Å². The van der Waals surface area contributed by atoms with Crippen molar-refractivity contribution >= 4 is 34.7 Å². The van der Waals surface area contributed by atoms with E-state index in [4.69, 9.17) is 11.6 Å². The largest absolute Gasteiger partial charge is 0.417 e. The average Bonchev–Trinajstić information content (AvgIpc) is 3.21. The summed E-state index contributed by atoms with van der Waals surface area (Å²) in [5.74, 6) is 0.191. The first kappa shape index (κ1) is 22.8. The summed E-state index contributed by atoms with van der Waals surface area (Å²) in [5.41, 5.74) is 0.301. The van der Waals surface area contributed by atoms with Crippen LogP contribution in [0.5, 0.6) is 0 Å². The van der Waals surface area contributed by atoms with Crippen molar-refractivity contribution < 1.29 is 18.0 Å². The Labute approximate surface area is 182 Å². The molecule has 1 unspecified atom stereocenters. The lowest BCUT2D eigenvalue weighted by Gasteiger charge is -2.33. The van der Waals surface area contributed by atoms with Gasteiger partial charge in [-0.25, -0.2) is 4.98 Å². The average molecular weight is 461 g/mol. The van der Waals surface area contributed by atoms with E-state index >= 15 is 0 Å². The fraction of sp³-hybridized carbons (Fsp3) is 0.500. The van der Waals surface area contributed by atoms with E-state index in [9.17, 15) is 18.0 Å². The molecule has 2 aromatic heterocycles. The Morgan fingerprint density at radius 3 is 2.63 bits per heavy atom. The Kier molecular flexibility index (Phi) is 7.26. The molecule has 1 fully saturated rings. The van der Waals surface area contributed by atoms with Gasteiger partial charge in [-0.05, 0) is 55.4 Å². The van der Waals surface area contributed by atoms with Gasteiger partial charge in [0.15, 0.2) is 0 Å².